The van der Waals surface area contributed by atoms with Gasteiger partial charge in [0.1, 0.15) is 0 Å². The summed E-state index contributed by atoms with van der Waals surface area (Å²) in [5.74, 6) is -0.123. The van der Waals surface area contributed by atoms with E-state index < -0.39 is 16.1 Å². The number of carbonyl (C=O) groups is 4. The minimum atomic E-state index is -0.634. The van der Waals surface area contributed by atoms with Crippen molar-refractivity contribution in [3.8, 4) is 0 Å². The molecule has 1 rings (SSSR count). The van der Waals surface area contributed by atoms with Crippen molar-refractivity contribution in [1.82, 2.24) is 19.6 Å². The van der Waals surface area contributed by atoms with Crippen LogP contribution in [0.3, 0.4) is 0 Å². The van der Waals surface area contributed by atoms with Crippen LogP contribution in [0.4, 0.5) is 14.4 Å². The van der Waals surface area contributed by atoms with Crippen LogP contribution in [-0.4, -0.2) is 94.0 Å². The number of rotatable bonds is 0. The Labute approximate surface area is 167 Å². The fraction of sp³-hybridized carbons (Fsp3) is 0.733. The number of amides is 4. The summed E-state index contributed by atoms with van der Waals surface area (Å²) in [4.78, 5) is 52.3. The number of carbonyl (C=O) groups excluding carboxylic acids is 4. The van der Waals surface area contributed by atoms with Gasteiger partial charge in [-0.15, -0.1) is 0 Å². The van der Waals surface area contributed by atoms with Gasteiger partial charge in [-0.1, -0.05) is 0 Å². The average molecular weight is 430 g/mol. The molecule has 1 heterocycles. The summed E-state index contributed by atoms with van der Waals surface area (Å²) in [5.41, 5.74) is 0. The third-order valence-corrected chi connectivity index (χ3v) is 4.90. The Morgan fingerprint density at radius 1 is 0.538 bits per heavy atom. The van der Waals surface area contributed by atoms with Crippen LogP contribution in [0.1, 0.15) is 19.8 Å². The zero-order valence-corrected chi connectivity index (χ0v) is 16.9. The summed E-state index contributed by atoms with van der Waals surface area (Å²) < 4.78 is 0. The number of halogens is 3. The van der Waals surface area contributed by atoms with Crippen LogP contribution in [0.15, 0.2) is 0 Å². The van der Waals surface area contributed by atoms with E-state index in [1.807, 2.05) is 0 Å². The molecule has 0 aromatic carbocycles. The summed E-state index contributed by atoms with van der Waals surface area (Å²) in [5, 5.41) is -1.86. The van der Waals surface area contributed by atoms with Crippen molar-refractivity contribution >= 4 is 56.8 Å². The zero-order chi connectivity index (χ0) is 19.7. The van der Waals surface area contributed by atoms with E-state index in [-0.39, 0.29) is 25.5 Å². The van der Waals surface area contributed by atoms with Gasteiger partial charge in [0, 0.05) is 59.3 Å². The molecule has 4 amide bonds. The largest absolute Gasteiger partial charge is 0.341 e. The predicted octanol–water partition coefficient (Wildman–Crippen LogP) is 2.61. The molecular weight excluding hydrogens is 407 g/mol. The fourth-order valence-electron chi connectivity index (χ4n) is 2.68. The molecule has 1 aliphatic rings. The number of hydrogen-bond donors (Lipinski definition) is 0. The van der Waals surface area contributed by atoms with Crippen molar-refractivity contribution in [2.75, 3.05) is 52.4 Å². The third kappa shape index (κ3) is 7.97. The van der Waals surface area contributed by atoms with Gasteiger partial charge in [0.15, 0.2) is 0 Å². The second kappa shape index (κ2) is 11.5. The maximum absolute atomic E-state index is 11.8. The minimum Gasteiger partial charge on any atom is -0.341 e. The van der Waals surface area contributed by atoms with Gasteiger partial charge in [-0.05, 0) is 47.6 Å². The summed E-state index contributed by atoms with van der Waals surface area (Å²) in [7, 11) is 0. The summed E-state index contributed by atoms with van der Waals surface area (Å²) in [6, 6.07) is 0. The molecule has 0 radical (unpaired) electrons. The zero-order valence-electron chi connectivity index (χ0n) is 14.6. The van der Waals surface area contributed by atoms with Gasteiger partial charge in [-0.25, -0.2) is 0 Å². The summed E-state index contributed by atoms with van der Waals surface area (Å²) in [6.45, 7) is 3.93. The highest BCUT2D eigenvalue weighted by Crippen LogP contribution is 2.07. The van der Waals surface area contributed by atoms with E-state index in [2.05, 4.69) is 0 Å². The van der Waals surface area contributed by atoms with Crippen LogP contribution in [0.5, 0.6) is 0 Å². The molecule has 148 valence electrons. The highest BCUT2D eigenvalue weighted by Gasteiger charge is 2.20. The Kier molecular flexibility index (Phi) is 10.0. The lowest BCUT2D eigenvalue weighted by molar-refractivity contribution is -0.129. The Hall–Kier alpha value is -1.25. The van der Waals surface area contributed by atoms with Crippen molar-refractivity contribution in [3.63, 3.8) is 0 Å². The molecule has 0 saturated carbocycles. The third-order valence-electron chi connectivity index (χ3n) is 4.18. The Bertz CT molecular complexity index is 445. The van der Waals surface area contributed by atoms with Gasteiger partial charge in [-0.3, -0.25) is 19.2 Å². The van der Waals surface area contributed by atoms with Crippen molar-refractivity contribution in [2.45, 2.75) is 19.8 Å². The monoisotopic (exact) mass is 428 g/mol. The molecule has 0 spiro atoms. The highest BCUT2D eigenvalue weighted by atomic mass is 35.5. The van der Waals surface area contributed by atoms with E-state index in [4.69, 9.17) is 34.8 Å². The van der Waals surface area contributed by atoms with E-state index in [0.717, 1.165) is 0 Å². The van der Waals surface area contributed by atoms with Crippen LogP contribution >= 0.6 is 34.8 Å². The van der Waals surface area contributed by atoms with E-state index in [9.17, 15) is 19.2 Å². The molecule has 0 atom stereocenters. The molecule has 0 aromatic heterocycles. The van der Waals surface area contributed by atoms with Crippen molar-refractivity contribution in [3.05, 3.63) is 0 Å². The van der Waals surface area contributed by atoms with Crippen LogP contribution in [0.25, 0.3) is 0 Å². The maximum Gasteiger partial charge on any atom is 0.316 e. The maximum atomic E-state index is 11.8. The summed E-state index contributed by atoms with van der Waals surface area (Å²) >= 11 is 16.8. The Morgan fingerprint density at radius 3 is 1.08 bits per heavy atom. The molecular formula is C15H23Cl3N4O4. The normalized spacial score (nSPS) is 18.3. The molecule has 0 aliphatic carbocycles. The fourth-order valence-corrected chi connectivity index (χ4v) is 3.18. The minimum absolute atomic E-state index is 0.123. The van der Waals surface area contributed by atoms with Crippen LogP contribution in [0, 0.1) is 0 Å². The van der Waals surface area contributed by atoms with E-state index in [1.165, 1.54) is 21.6 Å². The van der Waals surface area contributed by atoms with E-state index in [1.54, 1.807) is 4.90 Å². The molecule has 26 heavy (non-hydrogen) atoms. The van der Waals surface area contributed by atoms with Crippen LogP contribution in [0.2, 0.25) is 0 Å². The van der Waals surface area contributed by atoms with Crippen molar-refractivity contribution in [2.24, 2.45) is 0 Å². The second-order valence-electron chi connectivity index (χ2n) is 5.93. The topological polar surface area (TPSA) is 81.2 Å². The number of nitrogens with zero attached hydrogens (tertiary/aromatic N) is 4. The molecule has 0 N–H and O–H groups in total. The molecule has 0 bridgehead atoms. The number of hydrogen-bond acceptors (Lipinski definition) is 4. The first kappa shape index (κ1) is 22.8. The lowest BCUT2D eigenvalue weighted by Crippen LogP contribution is -2.43. The van der Waals surface area contributed by atoms with Gasteiger partial charge < -0.3 is 19.6 Å². The van der Waals surface area contributed by atoms with Gasteiger partial charge in [0.05, 0.1) is 0 Å². The molecule has 1 saturated heterocycles. The van der Waals surface area contributed by atoms with Crippen LogP contribution < -0.4 is 0 Å². The van der Waals surface area contributed by atoms with Crippen molar-refractivity contribution in [1.29, 1.82) is 0 Å². The predicted molar refractivity (Wildman–Crippen MR) is 100.0 cm³/mol. The van der Waals surface area contributed by atoms with E-state index in [0.29, 0.717) is 45.6 Å². The highest BCUT2D eigenvalue weighted by molar-refractivity contribution is 6.63. The average Bonchev–Trinajstić information content (AvgIpc) is 2.54. The molecule has 8 nitrogen and oxygen atoms in total. The molecule has 11 heteroatoms. The van der Waals surface area contributed by atoms with Gasteiger partial charge >= 0.3 is 16.1 Å². The first-order chi connectivity index (χ1) is 12.2. The Balaban J connectivity index is 2.86. The molecule has 1 fully saturated rings. The standard InChI is InChI=1S/C15H23Cl3N4O4/c1-12(23)19-4-2-5-21(14(17)25)10-11-22(15(18)26)7-3-6-20(9-8-19)13(16)24/h2-11H2,1H3. The van der Waals surface area contributed by atoms with E-state index >= 15 is 0 Å². The lowest BCUT2D eigenvalue weighted by Gasteiger charge is -2.30. The smallest absolute Gasteiger partial charge is 0.316 e. The van der Waals surface area contributed by atoms with Gasteiger partial charge in [0.2, 0.25) is 5.91 Å². The molecule has 1 aliphatic heterocycles. The molecule has 0 unspecified atom stereocenters. The van der Waals surface area contributed by atoms with Crippen LogP contribution in [-0.2, 0) is 4.79 Å². The SMILES string of the molecule is CC(=O)N1CCCN(C(=O)Cl)CCN(C(=O)Cl)CCCN(C(=O)Cl)CC1. The second-order valence-corrected chi connectivity index (χ2v) is 6.90. The van der Waals surface area contributed by atoms with Gasteiger partial charge in [-0.2, -0.15) is 0 Å². The first-order valence-corrected chi connectivity index (χ1v) is 9.44. The first-order valence-electron chi connectivity index (χ1n) is 8.31. The lowest BCUT2D eigenvalue weighted by atomic mass is 10.3. The van der Waals surface area contributed by atoms with Crippen molar-refractivity contribution < 1.29 is 19.2 Å². The van der Waals surface area contributed by atoms with Gasteiger partial charge in [0.25, 0.3) is 0 Å². The quantitative estimate of drug-likeness (QED) is 0.438. The Morgan fingerprint density at radius 2 is 0.808 bits per heavy atom. The molecule has 0 aromatic rings. The summed E-state index contributed by atoms with van der Waals surface area (Å²) in [6.07, 6.45) is 0.980.